The van der Waals surface area contributed by atoms with Crippen molar-refractivity contribution in [1.82, 2.24) is 10.0 Å². The van der Waals surface area contributed by atoms with Gasteiger partial charge in [0.2, 0.25) is 10.0 Å². The Bertz CT molecular complexity index is 603. The zero-order chi connectivity index (χ0) is 15.5. The van der Waals surface area contributed by atoms with Gasteiger partial charge in [-0.15, -0.1) is 0 Å². The highest BCUT2D eigenvalue weighted by Crippen LogP contribution is 2.33. The van der Waals surface area contributed by atoms with E-state index < -0.39 is 15.8 Å². The fraction of sp³-hybridized carbons (Fsp3) is 0.571. The second-order valence-corrected chi connectivity index (χ2v) is 7.56. The summed E-state index contributed by atoms with van der Waals surface area (Å²) in [5, 5.41) is 3.00. The normalized spacial score (nSPS) is 15.4. The molecule has 1 aliphatic rings. The number of nitrogens with one attached hydrogen (secondary N) is 2. The molecule has 0 amide bonds. The van der Waals surface area contributed by atoms with Crippen LogP contribution >= 0.6 is 11.6 Å². The van der Waals surface area contributed by atoms with Crippen molar-refractivity contribution >= 4 is 21.6 Å². The molecule has 4 nitrogen and oxygen atoms in total. The molecule has 21 heavy (non-hydrogen) atoms. The highest BCUT2D eigenvalue weighted by Gasteiger charge is 2.23. The summed E-state index contributed by atoms with van der Waals surface area (Å²) in [4.78, 5) is -0.383. The number of sulfonamides is 1. The molecule has 0 heterocycles. The Labute approximate surface area is 130 Å². The molecule has 0 spiro atoms. The van der Waals surface area contributed by atoms with Gasteiger partial charge in [-0.3, -0.25) is 0 Å². The first-order valence-electron chi connectivity index (χ1n) is 7.06. The Morgan fingerprint density at radius 3 is 2.71 bits per heavy atom. The van der Waals surface area contributed by atoms with Gasteiger partial charge in [-0.2, -0.15) is 0 Å². The van der Waals surface area contributed by atoms with Crippen LogP contribution in [-0.4, -0.2) is 22.0 Å². The number of halogens is 2. The minimum absolute atomic E-state index is 0.208. The molecular weight excluding hydrogens is 315 g/mol. The SMILES string of the molecule is CNCc1cc(Cl)cc(S(=O)(=O)NCCCC2CC2)c1F. The van der Waals surface area contributed by atoms with Crippen molar-refractivity contribution in [1.29, 1.82) is 0 Å². The van der Waals surface area contributed by atoms with E-state index in [0.717, 1.165) is 24.8 Å². The Morgan fingerprint density at radius 1 is 1.38 bits per heavy atom. The number of hydrogen-bond donors (Lipinski definition) is 2. The predicted octanol–water partition coefficient (Wildman–Crippen LogP) is 2.67. The van der Waals surface area contributed by atoms with E-state index in [4.69, 9.17) is 11.6 Å². The summed E-state index contributed by atoms with van der Waals surface area (Å²) in [6.45, 7) is 0.544. The van der Waals surface area contributed by atoms with Gasteiger partial charge in [-0.1, -0.05) is 24.4 Å². The Hall–Kier alpha value is -0.690. The standard InChI is InChI=1S/C14H20ClFN2O2S/c1-17-9-11-7-12(15)8-13(14(11)16)21(19,20)18-6-2-3-10-4-5-10/h7-8,10,17-18H,2-6,9H2,1H3. The number of hydrogen-bond acceptors (Lipinski definition) is 3. The summed E-state index contributed by atoms with van der Waals surface area (Å²) < 4.78 is 41.1. The maximum absolute atomic E-state index is 14.3. The third-order valence-electron chi connectivity index (χ3n) is 3.51. The number of benzene rings is 1. The maximum Gasteiger partial charge on any atom is 0.243 e. The predicted molar refractivity (Wildman–Crippen MR) is 81.3 cm³/mol. The van der Waals surface area contributed by atoms with Crippen LogP contribution in [0.2, 0.25) is 5.02 Å². The van der Waals surface area contributed by atoms with Crippen LogP contribution in [0.1, 0.15) is 31.2 Å². The van der Waals surface area contributed by atoms with Gasteiger partial charge in [0, 0.05) is 23.7 Å². The van der Waals surface area contributed by atoms with Crippen molar-refractivity contribution in [2.24, 2.45) is 5.92 Å². The molecule has 2 rings (SSSR count). The molecule has 7 heteroatoms. The van der Waals surface area contributed by atoms with Crippen molar-refractivity contribution in [3.05, 3.63) is 28.5 Å². The lowest BCUT2D eigenvalue weighted by Crippen LogP contribution is -2.26. The average molecular weight is 335 g/mol. The minimum Gasteiger partial charge on any atom is -0.316 e. The zero-order valence-corrected chi connectivity index (χ0v) is 13.5. The van der Waals surface area contributed by atoms with Gasteiger partial charge >= 0.3 is 0 Å². The van der Waals surface area contributed by atoms with Gasteiger partial charge in [0.15, 0.2) is 0 Å². The lowest BCUT2D eigenvalue weighted by Gasteiger charge is -2.11. The quantitative estimate of drug-likeness (QED) is 0.719. The molecule has 1 fully saturated rings. The topological polar surface area (TPSA) is 58.2 Å². The molecule has 0 bridgehead atoms. The summed E-state index contributed by atoms with van der Waals surface area (Å²) in [6, 6.07) is 2.58. The van der Waals surface area contributed by atoms with Crippen LogP contribution < -0.4 is 10.0 Å². The van der Waals surface area contributed by atoms with E-state index in [1.54, 1.807) is 7.05 Å². The molecule has 1 aliphatic carbocycles. The van der Waals surface area contributed by atoms with E-state index in [9.17, 15) is 12.8 Å². The van der Waals surface area contributed by atoms with Crippen LogP contribution in [0.15, 0.2) is 17.0 Å². The highest BCUT2D eigenvalue weighted by molar-refractivity contribution is 7.89. The molecule has 0 atom stereocenters. The summed E-state index contributed by atoms with van der Waals surface area (Å²) in [7, 11) is -2.21. The van der Waals surface area contributed by atoms with Crippen molar-refractivity contribution in [2.75, 3.05) is 13.6 Å². The number of rotatable bonds is 8. The first kappa shape index (κ1) is 16.7. The molecular formula is C14H20ClFN2O2S. The Kier molecular flexibility index (Phi) is 5.60. The summed E-state index contributed by atoms with van der Waals surface area (Å²) in [5.74, 6) is 0.00286. The average Bonchev–Trinajstić information content (AvgIpc) is 3.23. The van der Waals surface area contributed by atoms with E-state index in [2.05, 4.69) is 10.0 Å². The van der Waals surface area contributed by atoms with E-state index in [-0.39, 0.29) is 22.0 Å². The highest BCUT2D eigenvalue weighted by atomic mass is 35.5. The van der Waals surface area contributed by atoms with Crippen molar-refractivity contribution in [3.8, 4) is 0 Å². The lowest BCUT2D eigenvalue weighted by atomic mass is 10.2. The summed E-state index contributed by atoms with van der Waals surface area (Å²) in [6.07, 6.45) is 4.27. The fourth-order valence-corrected chi connectivity index (χ4v) is 3.74. The van der Waals surface area contributed by atoms with E-state index in [1.807, 2.05) is 0 Å². The molecule has 1 aromatic carbocycles. The van der Waals surface area contributed by atoms with Crippen LogP contribution in [0.3, 0.4) is 0 Å². The smallest absolute Gasteiger partial charge is 0.243 e. The third kappa shape index (κ3) is 4.64. The zero-order valence-electron chi connectivity index (χ0n) is 12.0. The Morgan fingerprint density at radius 2 is 2.10 bits per heavy atom. The summed E-state index contributed by atoms with van der Waals surface area (Å²) >= 11 is 5.89. The second-order valence-electron chi connectivity index (χ2n) is 5.39. The van der Waals surface area contributed by atoms with Crippen LogP contribution in [0, 0.1) is 11.7 Å². The van der Waals surface area contributed by atoms with Gasteiger partial charge in [0.05, 0.1) is 0 Å². The second kappa shape index (κ2) is 7.05. The van der Waals surface area contributed by atoms with Gasteiger partial charge in [-0.25, -0.2) is 17.5 Å². The lowest BCUT2D eigenvalue weighted by molar-refractivity contribution is 0.542. The van der Waals surface area contributed by atoms with Crippen molar-refractivity contribution in [2.45, 2.75) is 37.1 Å². The van der Waals surface area contributed by atoms with Crippen LogP contribution in [0.5, 0.6) is 0 Å². The largest absolute Gasteiger partial charge is 0.316 e. The van der Waals surface area contributed by atoms with Crippen LogP contribution in [0.25, 0.3) is 0 Å². The molecule has 118 valence electrons. The van der Waals surface area contributed by atoms with E-state index in [0.29, 0.717) is 6.54 Å². The molecule has 0 radical (unpaired) electrons. The Balaban J connectivity index is 2.09. The molecule has 0 aromatic heterocycles. The molecule has 0 saturated heterocycles. The van der Waals surface area contributed by atoms with Crippen LogP contribution in [-0.2, 0) is 16.6 Å². The van der Waals surface area contributed by atoms with Crippen molar-refractivity contribution in [3.63, 3.8) is 0 Å². The fourth-order valence-electron chi connectivity index (χ4n) is 2.21. The molecule has 1 aromatic rings. The summed E-state index contributed by atoms with van der Waals surface area (Å²) in [5.41, 5.74) is 0.239. The molecule has 0 unspecified atom stereocenters. The molecule has 0 aliphatic heterocycles. The molecule has 2 N–H and O–H groups in total. The first-order chi connectivity index (χ1) is 9.94. The van der Waals surface area contributed by atoms with Gasteiger partial charge in [0.1, 0.15) is 10.7 Å². The van der Waals surface area contributed by atoms with E-state index >= 15 is 0 Å². The molecule has 1 saturated carbocycles. The monoisotopic (exact) mass is 334 g/mol. The first-order valence-corrected chi connectivity index (χ1v) is 8.92. The minimum atomic E-state index is -3.87. The van der Waals surface area contributed by atoms with E-state index in [1.165, 1.54) is 18.9 Å². The van der Waals surface area contributed by atoms with Gasteiger partial charge in [-0.05, 0) is 37.9 Å². The van der Waals surface area contributed by atoms with Crippen molar-refractivity contribution < 1.29 is 12.8 Å². The third-order valence-corrected chi connectivity index (χ3v) is 5.19. The van der Waals surface area contributed by atoms with Crippen LogP contribution in [0.4, 0.5) is 4.39 Å². The van der Waals surface area contributed by atoms with Gasteiger partial charge in [0.25, 0.3) is 0 Å². The maximum atomic E-state index is 14.3. The van der Waals surface area contributed by atoms with Gasteiger partial charge < -0.3 is 5.32 Å².